The van der Waals surface area contributed by atoms with Gasteiger partial charge in [-0.05, 0) is 18.2 Å². The molecule has 0 saturated carbocycles. The third-order valence-electron chi connectivity index (χ3n) is 3.29. The molecule has 2 N–H and O–H groups in total. The van der Waals surface area contributed by atoms with Crippen LogP contribution in [0.3, 0.4) is 0 Å². The van der Waals surface area contributed by atoms with Gasteiger partial charge in [0.1, 0.15) is 13.2 Å². The van der Waals surface area contributed by atoms with E-state index in [-0.39, 0.29) is 0 Å². The molecule has 21 heavy (non-hydrogen) atoms. The average molecular weight is 286 g/mol. The summed E-state index contributed by atoms with van der Waals surface area (Å²) in [6.07, 6.45) is 2.57. The van der Waals surface area contributed by atoms with Crippen molar-refractivity contribution in [1.82, 2.24) is 4.98 Å². The fourth-order valence-corrected chi connectivity index (χ4v) is 2.18. The molecule has 1 aliphatic rings. The molecule has 0 unspecified atom stereocenters. The highest BCUT2D eigenvalue weighted by Gasteiger charge is 2.14. The number of nitrogens with two attached hydrogens (primary N) is 1. The molecule has 0 fully saturated rings. The smallest absolute Gasteiger partial charge is 0.163 e. The number of nitrogen functional groups attached to an aromatic ring is 1. The summed E-state index contributed by atoms with van der Waals surface area (Å²) >= 11 is 0. The van der Waals surface area contributed by atoms with Crippen LogP contribution >= 0.6 is 0 Å². The molecule has 0 spiro atoms. The normalized spacial score (nSPS) is 13.1. The Morgan fingerprint density at radius 2 is 1.95 bits per heavy atom. The predicted octanol–water partition coefficient (Wildman–Crippen LogP) is 2.19. The van der Waals surface area contributed by atoms with E-state index in [1.807, 2.05) is 24.3 Å². The fourth-order valence-electron chi connectivity index (χ4n) is 2.18. The lowest BCUT2D eigenvalue weighted by atomic mass is 10.1. The molecule has 1 aliphatic heterocycles. The van der Waals surface area contributed by atoms with Crippen molar-refractivity contribution in [3.05, 3.63) is 47.8 Å². The number of anilines is 1. The Labute approximate surface area is 123 Å². The number of rotatable bonds is 5. The van der Waals surface area contributed by atoms with Gasteiger partial charge in [-0.15, -0.1) is 0 Å². The first-order chi connectivity index (χ1) is 10.3. The number of nitrogens with zero attached hydrogens (tertiary/aromatic N) is 1. The maximum absolute atomic E-state index is 6.01. The number of fused-ring (bicyclic) bond motifs is 1. The zero-order valence-electron chi connectivity index (χ0n) is 11.7. The van der Waals surface area contributed by atoms with Gasteiger partial charge in [-0.3, -0.25) is 4.98 Å². The summed E-state index contributed by atoms with van der Waals surface area (Å²) in [6, 6.07) is 9.56. The Balaban J connectivity index is 1.55. The molecule has 2 heterocycles. The summed E-state index contributed by atoms with van der Waals surface area (Å²) in [5.41, 5.74) is 8.61. The van der Waals surface area contributed by atoms with Crippen molar-refractivity contribution in [3.63, 3.8) is 0 Å². The average Bonchev–Trinajstić information content (AvgIpc) is 2.53. The number of pyridine rings is 1. The van der Waals surface area contributed by atoms with Gasteiger partial charge in [0.25, 0.3) is 0 Å². The van der Waals surface area contributed by atoms with Crippen molar-refractivity contribution in [2.45, 2.75) is 13.0 Å². The maximum Gasteiger partial charge on any atom is 0.163 e. The van der Waals surface area contributed by atoms with E-state index in [1.54, 1.807) is 12.3 Å². The van der Waals surface area contributed by atoms with E-state index in [0.29, 0.717) is 37.9 Å². The van der Waals surface area contributed by atoms with Crippen LogP contribution in [0.25, 0.3) is 0 Å². The molecule has 5 heteroatoms. The molecule has 0 bridgehead atoms. The molecule has 3 rings (SSSR count). The first kappa shape index (κ1) is 13.7. The highest BCUT2D eigenvalue weighted by atomic mass is 16.6. The van der Waals surface area contributed by atoms with Gasteiger partial charge in [0.2, 0.25) is 0 Å². The SMILES string of the molecule is Nc1cc2c(cc1COCCc1ccccn1)OCCO2. The first-order valence-electron chi connectivity index (χ1n) is 6.98. The summed E-state index contributed by atoms with van der Waals surface area (Å²) in [5, 5.41) is 0. The molecule has 1 aromatic carbocycles. The lowest BCUT2D eigenvalue weighted by Gasteiger charge is -2.20. The van der Waals surface area contributed by atoms with Gasteiger partial charge in [-0.2, -0.15) is 0 Å². The van der Waals surface area contributed by atoms with E-state index in [4.69, 9.17) is 19.9 Å². The van der Waals surface area contributed by atoms with Crippen molar-refractivity contribution in [2.75, 3.05) is 25.6 Å². The second-order valence-electron chi connectivity index (χ2n) is 4.82. The van der Waals surface area contributed by atoms with E-state index in [2.05, 4.69) is 4.98 Å². The summed E-state index contributed by atoms with van der Waals surface area (Å²) < 4.78 is 16.7. The first-order valence-corrected chi connectivity index (χ1v) is 6.98. The van der Waals surface area contributed by atoms with Crippen molar-refractivity contribution < 1.29 is 14.2 Å². The fraction of sp³-hybridized carbons (Fsp3) is 0.312. The van der Waals surface area contributed by atoms with E-state index >= 15 is 0 Å². The lowest BCUT2D eigenvalue weighted by Crippen LogP contribution is -2.16. The van der Waals surface area contributed by atoms with Crippen LogP contribution in [0, 0.1) is 0 Å². The summed E-state index contributed by atoms with van der Waals surface area (Å²) in [4.78, 5) is 4.26. The molecule has 0 aliphatic carbocycles. The van der Waals surface area contributed by atoms with Crippen LogP contribution in [-0.2, 0) is 17.8 Å². The highest BCUT2D eigenvalue weighted by molar-refractivity contribution is 5.58. The molecule has 0 atom stereocenters. The highest BCUT2D eigenvalue weighted by Crippen LogP contribution is 2.34. The number of benzene rings is 1. The summed E-state index contributed by atoms with van der Waals surface area (Å²) in [6.45, 7) is 2.18. The summed E-state index contributed by atoms with van der Waals surface area (Å²) in [5.74, 6) is 1.44. The largest absolute Gasteiger partial charge is 0.486 e. The van der Waals surface area contributed by atoms with Crippen LogP contribution in [0.15, 0.2) is 36.5 Å². The van der Waals surface area contributed by atoms with Crippen LogP contribution in [0.4, 0.5) is 5.69 Å². The molecule has 2 aromatic rings. The minimum Gasteiger partial charge on any atom is -0.486 e. The zero-order chi connectivity index (χ0) is 14.5. The number of hydrogen-bond donors (Lipinski definition) is 1. The van der Waals surface area contributed by atoms with Crippen molar-refractivity contribution in [1.29, 1.82) is 0 Å². The molecule has 110 valence electrons. The lowest BCUT2D eigenvalue weighted by molar-refractivity contribution is 0.122. The molecular weight excluding hydrogens is 268 g/mol. The van der Waals surface area contributed by atoms with Gasteiger partial charge in [0.05, 0.1) is 13.2 Å². The Hall–Kier alpha value is -2.27. The van der Waals surface area contributed by atoms with Crippen LogP contribution in [0.2, 0.25) is 0 Å². The number of hydrogen-bond acceptors (Lipinski definition) is 5. The van der Waals surface area contributed by atoms with E-state index < -0.39 is 0 Å². The van der Waals surface area contributed by atoms with Crippen LogP contribution in [0.1, 0.15) is 11.3 Å². The quantitative estimate of drug-likeness (QED) is 0.674. The monoisotopic (exact) mass is 286 g/mol. The summed E-state index contributed by atoms with van der Waals surface area (Å²) in [7, 11) is 0. The number of ether oxygens (including phenoxy) is 3. The second-order valence-corrected chi connectivity index (χ2v) is 4.82. The van der Waals surface area contributed by atoms with Crippen molar-refractivity contribution in [3.8, 4) is 11.5 Å². The molecule has 5 nitrogen and oxygen atoms in total. The van der Waals surface area contributed by atoms with Crippen molar-refractivity contribution in [2.24, 2.45) is 0 Å². The molecular formula is C16H18N2O3. The van der Waals surface area contributed by atoms with Crippen LogP contribution in [-0.4, -0.2) is 24.8 Å². The molecule has 1 aromatic heterocycles. The van der Waals surface area contributed by atoms with Crippen LogP contribution < -0.4 is 15.2 Å². The Morgan fingerprint density at radius 3 is 2.71 bits per heavy atom. The van der Waals surface area contributed by atoms with Crippen LogP contribution in [0.5, 0.6) is 11.5 Å². The van der Waals surface area contributed by atoms with Gasteiger partial charge in [0, 0.05) is 35.6 Å². The van der Waals surface area contributed by atoms with Gasteiger partial charge >= 0.3 is 0 Å². The van der Waals surface area contributed by atoms with Crippen molar-refractivity contribution >= 4 is 5.69 Å². The van der Waals surface area contributed by atoms with Gasteiger partial charge in [0.15, 0.2) is 11.5 Å². The predicted molar refractivity (Wildman–Crippen MR) is 79.4 cm³/mol. The molecule has 0 radical (unpaired) electrons. The zero-order valence-corrected chi connectivity index (χ0v) is 11.7. The standard InChI is InChI=1S/C16H18N2O3/c17-14-10-16-15(20-7-8-21-16)9-12(14)11-19-6-4-13-3-1-2-5-18-13/h1-3,5,9-10H,4,6-8,11,17H2. The van der Waals surface area contributed by atoms with E-state index in [1.165, 1.54) is 0 Å². The third kappa shape index (κ3) is 3.44. The van der Waals surface area contributed by atoms with Gasteiger partial charge in [-0.1, -0.05) is 6.07 Å². The van der Waals surface area contributed by atoms with Gasteiger partial charge in [-0.25, -0.2) is 0 Å². The Kier molecular flexibility index (Phi) is 4.21. The molecule has 0 saturated heterocycles. The maximum atomic E-state index is 6.01. The Morgan fingerprint density at radius 1 is 1.14 bits per heavy atom. The number of aromatic nitrogens is 1. The van der Waals surface area contributed by atoms with E-state index in [9.17, 15) is 0 Å². The minimum atomic E-state index is 0.454. The molecule has 0 amide bonds. The third-order valence-corrected chi connectivity index (χ3v) is 3.29. The van der Waals surface area contributed by atoms with E-state index in [0.717, 1.165) is 23.4 Å². The Bertz CT molecular complexity index is 602. The minimum absolute atomic E-state index is 0.454. The van der Waals surface area contributed by atoms with Gasteiger partial charge < -0.3 is 19.9 Å². The second kappa shape index (κ2) is 6.45. The topological polar surface area (TPSA) is 66.6 Å².